The van der Waals surface area contributed by atoms with Crippen molar-refractivity contribution < 1.29 is 9.47 Å². The van der Waals surface area contributed by atoms with Gasteiger partial charge in [-0.3, -0.25) is 0 Å². The average molecular weight is 628 g/mol. The lowest BCUT2D eigenvalue weighted by atomic mass is 10.1. The highest BCUT2D eigenvalue weighted by molar-refractivity contribution is 5.02. The van der Waals surface area contributed by atoms with Crippen LogP contribution in [0.5, 0.6) is 0 Å². The fourth-order valence-electron chi connectivity index (χ4n) is 6.00. The zero-order valence-electron chi connectivity index (χ0n) is 30.7. The van der Waals surface area contributed by atoms with Crippen molar-refractivity contribution in [3.8, 4) is 0 Å². The highest BCUT2D eigenvalue weighted by Gasteiger charge is 2.52. The van der Waals surface area contributed by atoms with Crippen molar-refractivity contribution in [2.75, 3.05) is 33.9 Å². The molecule has 1 aliphatic rings. The summed E-state index contributed by atoms with van der Waals surface area (Å²) in [6.07, 6.45) is 50.3. The quantitative estimate of drug-likeness (QED) is 0.0523. The lowest BCUT2D eigenvalue weighted by molar-refractivity contribution is 0.0401. The molecular formula is C42H77NO2. The van der Waals surface area contributed by atoms with Gasteiger partial charge >= 0.3 is 0 Å². The Morgan fingerprint density at radius 2 is 0.756 bits per heavy atom. The van der Waals surface area contributed by atoms with Gasteiger partial charge in [0, 0.05) is 25.7 Å². The van der Waals surface area contributed by atoms with E-state index in [0.717, 1.165) is 32.6 Å². The summed E-state index contributed by atoms with van der Waals surface area (Å²) in [5.41, 5.74) is 0. The van der Waals surface area contributed by atoms with Crippen LogP contribution in [-0.2, 0) is 9.47 Å². The molecule has 0 saturated heterocycles. The normalized spacial score (nSPS) is 18.6. The molecule has 3 heteroatoms. The maximum atomic E-state index is 6.31. The highest BCUT2D eigenvalue weighted by Crippen LogP contribution is 2.38. The van der Waals surface area contributed by atoms with Crippen LogP contribution in [0.3, 0.4) is 0 Å². The Kier molecular flexibility index (Phi) is 30.5. The number of allylic oxidation sites excluding steroid dienone is 8. The first-order valence-electron chi connectivity index (χ1n) is 19.7. The second-order valence-corrected chi connectivity index (χ2v) is 13.8. The average Bonchev–Trinajstić information content (AvgIpc) is 3.68. The van der Waals surface area contributed by atoms with E-state index < -0.39 is 0 Å². The second kappa shape index (κ2) is 32.8. The molecule has 45 heavy (non-hydrogen) atoms. The van der Waals surface area contributed by atoms with Gasteiger partial charge < -0.3 is 14.4 Å². The fourth-order valence-corrected chi connectivity index (χ4v) is 6.00. The Labute approximate surface area is 282 Å². The minimum atomic E-state index is 0.315. The van der Waals surface area contributed by atoms with Gasteiger partial charge in [0.05, 0.1) is 12.2 Å². The van der Waals surface area contributed by atoms with E-state index in [9.17, 15) is 0 Å². The topological polar surface area (TPSA) is 21.7 Å². The molecule has 0 N–H and O–H groups in total. The standard InChI is InChI=1S/C42H77NO2/c1-5-7-9-11-13-15-17-19-21-23-25-27-29-31-33-35-37-44-41-40(39-43(3)4)42(41)45-38-36-34-32-30-28-26-24-22-20-18-16-14-12-10-8-6-2/h13-16,19-22,40-42H,5-12,17-18,23-39H2,1-4H3/b15-13-,16-14-,21-19-,22-20-/t40-,41-,42+. The molecule has 0 unspecified atom stereocenters. The molecule has 3 atom stereocenters. The van der Waals surface area contributed by atoms with Crippen LogP contribution in [0.1, 0.15) is 168 Å². The van der Waals surface area contributed by atoms with Gasteiger partial charge in [0.15, 0.2) is 0 Å². The minimum Gasteiger partial charge on any atom is -0.375 e. The van der Waals surface area contributed by atoms with E-state index in [4.69, 9.17) is 9.47 Å². The van der Waals surface area contributed by atoms with Gasteiger partial charge in [-0.05, 0) is 91.1 Å². The Hall–Kier alpha value is -1.16. The summed E-state index contributed by atoms with van der Waals surface area (Å²) in [5, 5.41) is 0. The lowest BCUT2D eigenvalue weighted by Crippen LogP contribution is -2.17. The number of hydrogen-bond donors (Lipinski definition) is 0. The van der Waals surface area contributed by atoms with Gasteiger partial charge in [0.1, 0.15) is 0 Å². The van der Waals surface area contributed by atoms with Crippen molar-refractivity contribution in [2.24, 2.45) is 5.92 Å². The zero-order valence-corrected chi connectivity index (χ0v) is 30.7. The van der Waals surface area contributed by atoms with Gasteiger partial charge in [-0.25, -0.2) is 0 Å². The third-order valence-corrected chi connectivity index (χ3v) is 8.91. The molecule has 1 aliphatic carbocycles. The second-order valence-electron chi connectivity index (χ2n) is 13.8. The minimum absolute atomic E-state index is 0.315. The van der Waals surface area contributed by atoms with Crippen LogP contribution in [0.2, 0.25) is 0 Å². The number of rotatable bonds is 34. The van der Waals surface area contributed by atoms with E-state index in [1.807, 2.05) is 0 Å². The van der Waals surface area contributed by atoms with Crippen LogP contribution in [-0.4, -0.2) is 51.0 Å². The fraction of sp³-hybridized carbons (Fsp3) is 0.810. The van der Waals surface area contributed by atoms with Crippen molar-refractivity contribution in [2.45, 2.75) is 180 Å². The monoisotopic (exact) mass is 628 g/mol. The molecule has 1 fully saturated rings. The van der Waals surface area contributed by atoms with Crippen molar-refractivity contribution >= 4 is 0 Å². The SMILES string of the molecule is CCCCC/C=C\C/C=C\CCCCCCCCO[C@@H]1[C@@H](CN(C)C)[C@@H]1OCCCCCCCC/C=C\C/C=C\CCCCC. The summed E-state index contributed by atoms with van der Waals surface area (Å²) in [6, 6.07) is 0. The van der Waals surface area contributed by atoms with E-state index >= 15 is 0 Å². The Bertz CT molecular complexity index is 668. The summed E-state index contributed by atoms with van der Waals surface area (Å²) in [7, 11) is 4.33. The van der Waals surface area contributed by atoms with Crippen LogP contribution in [0.25, 0.3) is 0 Å². The molecule has 0 aromatic rings. The molecule has 1 saturated carbocycles. The summed E-state index contributed by atoms with van der Waals surface area (Å²) in [4.78, 5) is 2.28. The molecule has 0 spiro atoms. The number of unbranched alkanes of at least 4 members (excludes halogenated alkanes) is 18. The van der Waals surface area contributed by atoms with Gasteiger partial charge in [-0.2, -0.15) is 0 Å². The molecule has 0 heterocycles. The van der Waals surface area contributed by atoms with Crippen molar-refractivity contribution in [1.82, 2.24) is 4.90 Å². The first-order chi connectivity index (χ1) is 22.2. The molecule has 0 aliphatic heterocycles. The van der Waals surface area contributed by atoms with Gasteiger partial charge in [0.2, 0.25) is 0 Å². The predicted octanol–water partition coefficient (Wildman–Crippen LogP) is 12.6. The number of ether oxygens (including phenoxy) is 2. The first kappa shape index (κ1) is 41.9. The third-order valence-electron chi connectivity index (χ3n) is 8.91. The van der Waals surface area contributed by atoms with Crippen LogP contribution >= 0.6 is 0 Å². The molecule has 1 rings (SSSR count). The Balaban J connectivity index is 1.94. The maximum Gasteiger partial charge on any atom is 0.0907 e. The smallest absolute Gasteiger partial charge is 0.0907 e. The van der Waals surface area contributed by atoms with Gasteiger partial charge in [0.25, 0.3) is 0 Å². The van der Waals surface area contributed by atoms with Crippen LogP contribution < -0.4 is 0 Å². The maximum absolute atomic E-state index is 6.31. The molecule has 0 radical (unpaired) electrons. The van der Waals surface area contributed by atoms with Gasteiger partial charge in [-0.15, -0.1) is 0 Å². The van der Waals surface area contributed by atoms with Crippen molar-refractivity contribution in [3.63, 3.8) is 0 Å². The molecular weight excluding hydrogens is 550 g/mol. The van der Waals surface area contributed by atoms with Crippen LogP contribution in [0.4, 0.5) is 0 Å². The number of hydrogen-bond acceptors (Lipinski definition) is 3. The Morgan fingerprint density at radius 3 is 1.11 bits per heavy atom. The van der Waals surface area contributed by atoms with E-state index in [0.29, 0.717) is 18.1 Å². The number of nitrogens with zero attached hydrogens (tertiary/aromatic N) is 1. The summed E-state index contributed by atoms with van der Waals surface area (Å²) in [5.74, 6) is 0.550. The summed E-state index contributed by atoms with van der Waals surface area (Å²) >= 11 is 0. The van der Waals surface area contributed by atoms with E-state index in [1.165, 1.54) is 141 Å². The molecule has 0 bridgehead atoms. The zero-order chi connectivity index (χ0) is 32.5. The molecule has 262 valence electrons. The lowest BCUT2D eigenvalue weighted by Gasteiger charge is -2.08. The summed E-state index contributed by atoms with van der Waals surface area (Å²) in [6.45, 7) is 7.40. The molecule has 0 amide bonds. The first-order valence-corrected chi connectivity index (χ1v) is 19.7. The molecule has 0 aromatic heterocycles. The van der Waals surface area contributed by atoms with Crippen molar-refractivity contribution in [3.05, 3.63) is 48.6 Å². The summed E-state index contributed by atoms with van der Waals surface area (Å²) < 4.78 is 12.6. The van der Waals surface area contributed by atoms with E-state index in [2.05, 4.69) is 81.5 Å². The molecule has 0 aromatic carbocycles. The van der Waals surface area contributed by atoms with E-state index in [1.54, 1.807) is 0 Å². The largest absolute Gasteiger partial charge is 0.375 e. The Morgan fingerprint density at radius 1 is 0.422 bits per heavy atom. The van der Waals surface area contributed by atoms with Crippen LogP contribution in [0.15, 0.2) is 48.6 Å². The molecule has 3 nitrogen and oxygen atoms in total. The van der Waals surface area contributed by atoms with Crippen molar-refractivity contribution in [1.29, 1.82) is 0 Å². The highest BCUT2D eigenvalue weighted by atomic mass is 16.6. The van der Waals surface area contributed by atoms with E-state index in [-0.39, 0.29) is 0 Å². The van der Waals surface area contributed by atoms with Gasteiger partial charge in [-0.1, -0.05) is 140 Å². The predicted molar refractivity (Wildman–Crippen MR) is 200 cm³/mol. The third kappa shape index (κ3) is 27.6. The van der Waals surface area contributed by atoms with Crippen LogP contribution in [0, 0.1) is 5.92 Å².